The molecule has 1 amide bonds. The topological polar surface area (TPSA) is 100 Å². The largest absolute Gasteiger partial charge is 0.466 e. The van der Waals surface area contributed by atoms with Crippen molar-refractivity contribution in [1.29, 1.82) is 0 Å². The lowest BCUT2D eigenvalue weighted by molar-refractivity contribution is -0.148. The average Bonchev–Trinajstić information content (AvgIpc) is 3.45. The first-order valence-corrected chi connectivity index (χ1v) is 14.5. The fourth-order valence-electron chi connectivity index (χ4n) is 6.23. The van der Waals surface area contributed by atoms with Crippen LogP contribution in [0.5, 0.6) is 0 Å². The van der Waals surface area contributed by atoms with Gasteiger partial charge < -0.3 is 24.8 Å². The summed E-state index contributed by atoms with van der Waals surface area (Å²) in [6, 6.07) is 9.50. The van der Waals surface area contributed by atoms with Crippen LogP contribution in [0.4, 0.5) is 11.4 Å². The van der Waals surface area contributed by atoms with E-state index in [4.69, 9.17) is 4.74 Å². The van der Waals surface area contributed by atoms with E-state index in [1.54, 1.807) is 6.20 Å². The second kappa shape index (κ2) is 11.6. The Balaban J connectivity index is 1.25. The summed E-state index contributed by atoms with van der Waals surface area (Å²) < 4.78 is 6.74. The van der Waals surface area contributed by atoms with Crippen LogP contribution in [0, 0.1) is 11.8 Å². The maximum atomic E-state index is 14.0. The molecule has 2 fully saturated rings. The Labute approximate surface area is 239 Å². The second-order valence-electron chi connectivity index (χ2n) is 10.8. The number of hydrogen-bond acceptors (Lipinski definition) is 8. The van der Waals surface area contributed by atoms with Gasteiger partial charge in [-0.25, -0.2) is 0 Å². The Kier molecular flexibility index (Phi) is 7.63. The smallest absolute Gasteiger partial charge is 0.310 e. The SMILES string of the molecule is CCOC(=O)C1CCCN(c2c(N3CCN(C(=O)C4=CNC5C=CC=CC45)CC3)cnn(-c3ccccc3)c2=O)C1. The van der Waals surface area contributed by atoms with Crippen molar-refractivity contribution in [3.63, 3.8) is 0 Å². The van der Waals surface area contributed by atoms with E-state index in [2.05, 4.69) is 27.5 Å². The molecule has 4 aliphatic rings. The minimum absolute atomic E-state index is 0.0516. The van der Waals surface area contributed by atoms with Crippen LogP contribution in [0.15, 0.2) is 77.4 Å². The number of amides is 1. The molecule has 1 aromatic carbocycles. The van der Waals surface area contributed by atoms with Crippen LogP contribution < -0.4 is 20.7 Å². The van der Waals surface area contributed by atoms with Gasteiger partial charge in [-0.1, -0.05) is 42.5 Å². The first-order chi connectivity index (χ1) is 20.0. The lowest BCUT2D eigenvalue weighted by atomic mass is 9.90. The number of hydrogen-bond donors (Lipinski definition) is 1. The van der Waals surface area contributed by atoms with E-state index in [1.807, 2.05) is 65.4 Å². The predicted octanol–water partition coefficient (Wildman–Crippen LogP) is 2.26. The molecule has 0 radical (unpaired) electrons. The fourth-order valence-corrected chi connectivity index (χ4v) is 6.23. The van der Waals surface area contributed by atoms with Crippen LogP contribution in [0.1, 0.15) is 19.8 Å². The molecule has 214 valence electrons. The van der Waals surface area contributed by atoms with E-state index in [-0.39, 0.29) is 35.3 Å². The van der Waals surface area contributed by atoms with Gasteiger partial charge >= 0.3 is 5.97 Å². The summed E-state index contributed by atoms with van der Waals surface area (Å²) in [4.78, 5) is 46.2. The number of ether oxygens (including phenoxy) is 1. The zero-order valence-corrected chi connectivity index (χ0v) is 23.3. The van der Waals surface area contributed by atoms with Crippen LogP contribution in [0.25, 0.3) is 5.69 Å². The van der Waals surface area contributed by atoms with Gasteiger partial charge in [0.15, 0.2) is 0 Å². The Morgan fingerprint density at radius 3 is 2.59 bits per heavy atom. The average molecular weight is 557 g/mol. The lowest BCUT2D eigenvalue weighted by Crippen LogP contribution is -2.51. The molecule has 6 rings (SSSR count). The van der Waals surface area contributed by atoms with Gasteiger partial charge in [-0.15, -0.1) is 0 Å². The van der Waals surface area contributed by atoms with Crippen molar-refractivity contribution in [3.05, 3.63) is 83.0 Å². The number of allylic oxidation sites excluding steroid dienone is 2. The number of fused-ring (bicyclic) bond motifs is 1. The fraction of sp³-hybridized carbons (Fsp3) is 0.419. The molecule has 0 bridgehead atoms. The molecule has 3 atom stereocenters. The Morgan fingerprint density at radius 2 is 1.80 bits per heavy atom. The van der Waals surface area contributed by atoms with Crippen LogP contribution >= 0.6 is 0 Å². The van der Waals surface area contributed by atoms with Gasteiger partial charge in [0.05, 0.1) is 36.1 Å². The van der Waals surface area contributed by atoms with Crippen molar-refractivity contribution in [2.24, 2.45) is 11.8 Å². The zero-order chi connectivity index (χ0) is 28.3. The number of piperazine rings is 1. The third kappa shape index (κ3) is 5.26. The van der Waals surface area contributed by atoms with Crippen LogP contribution in [0.2, 0.25) is 0 Å². The van der Waals surface area contributed by atoms with Crippen molar-refractivity contribution in [2.45, 2.75) is 25.8 Å². The summed E-state index contributed by atoms with van der Waals surface area (Å²) >= 11 is 0. The molecule has 1 aromatic heterocycles. The number of esters is 1. The van der Waals surface area contributed by atoms with Crippen molar-refractivity contribution in [3.8, 4) is 5.69 Å². The summed E-state index contributed by atoms with van der Waals surface area (Å²) in [6.07, 6.45) is 13.3. The maximum Gasteiger partial charge on any atom is 0.310 e. The van der Waals surface area contributed by atoms with E-state index < -0.39 is 0 Å². The van der Waals surface area contributed by atoms with E-state index in [9.17, 15) is 14.4 Å². The van der Waals surface area contributed by atoms with E-state index in [0.717, 1.165) is 24.1 Å². The molecule has 41 heavy (non-hydrogen) atoms. The van der Waals surface area contributed by atoms with Crippen molar-refractivity contribution < 1.29 is 14.3 Å². The number of anilines is 2. The molecule has 1 N–H and O–H groups in total. The van der Waals surface area contributed by atoms with Gasteiger partial charge in [0.1, 0.15) is 5.69 Å². The number of carbonyl (C=O) groups excluding carboxylic acids is 2. The molecule has 10 nitrogen and oxygen atoms in total. The highest BCUT2D eigenvalue weighted by Gasteiger charge is 2.36. The number of nitrogens with zero attached hydrogens (tertiary/aromatic N) is 5. The summed E-state index contributed by atoms with van der Waals surface area (Å²) in [5.41, 5.74) is 2.53. The number of carbonyl (C=O) groups is 2. The summed E-state index contributed by atoms with van der Waals surface area (Å²) in [6.45, 7) is 5.47. The normalized spacial score (nSPS) is 23.6. The molecule has 3 aliphatic heterocycles. The molecule has 2 saturated heterocycles. The summed E-state index contributed by atoms with van der Waals surface area (Å²) in [5.74, 6) is -0.400. The third-order valence-electron chi connectivity index (χ3n) is 8.37. The number of piperidine rings is 1. The van der Waals surface area contributed by atoms with E-state index in [0.29, 0.717) is 57.3 Å². The second-order valence-corrected chi connectivity index (χ2v) is 10.8. The molecule has 0 saturated carbocycles. The molecule has 2 aromatic rings. The van der Waals surface area contributed by atoms with Crippen LogP contribution in [-0.4, -0.2) is 78.5 Å². The van der Waals surface area contributed by atoms with Gasteiger partial charge in [-0.2, -0.15) is 9.78 Å². The molecule has 10 heteroatoms. The molecular weight excluding hydrogens is 520 g/mol. The van der Waals surface area contributed by atoms with Gasteiger partial charge in [0, 0.05) is 57.0 Å². The van der Waals surface area contributed by atoms with Gasteiger partial charge in [0.2, 0.25) is 0 Å². The number of para-hydroxylation sites is 1. The highest BCUT2D eigenvalue weighted by molar-refractivity contribution is 5.95. The minimum Gasteiger partial charge on any atom is -0.466 e. The minimum atomic E-state index is -0.287. The monoisotopic (exact) mass is 556 g/mol. The zero-order valence-electron chi connectivity index (χ0n) is 23.3. The Hall–Kier alpha value is -4.34. The summed E-state index contributed by atoms with van der Waals surface area (Å²) in [7, 11) is 0. The van der Waals surface area contributed by atoms with Crippen molar-refractivity contribution in [1.82, 2.24) is 20.0 Å². The molecular formula is C31H36N6O4. The molecule has 4 heterocycles. The number of aromatic nitrogens is 2. The highest BCUT2D eigenvalue weighted by Crippen LogP contribution is 2.32. The van der Waals surface area contributed by atoms with Crippen LogP contribution in [0.3, 0.4) is 0 Å². The van der Waals surface area contributed by atoms with E-state index >= 15 is 0 Å². The molecule has 1 aliphatic carbocycles. The maximum absolute atomic E-state index is 14.0. The summed E-state index contributed by atoms with van der Waals surface area (Å²) in [5, 5.41) is 7.87. The highest BCUT2D eigenvalue weighted by atomic mass is 16.5. The molecule has 3 unspecified atom stereocenters. The Morgan fingerprint density at radius 1 is 1.02 bits per heavy atom. The third-order valence-corrected chi connectivity index (χ3v) is 8.37. The van der Waals surface area contributed by atoms with Crippen LogP contribution in [-0.2, 0) is 14.3 Å². The van der Waals surface area contributed by atoms with Gasteiger partial charge in [0.25, 0.3) is 11.5 Å². The van der Waals surface area contributed by atoms with Gasteiger partial charge in [-0.05, 0) is 31.9 Å². The quantitative estimate of drug-likeness (QED) is 0.541. The predicted molar refractivity (Wildman–Crippen MR) is 157 cm³/mol. The van der Waals surface area contributed by atoms with E-state index in [1.165, 1.54) is 4.68 Å². The number of nitrogens with one attached hydrogen (secondary N) is 1. The lowest BCUT2D eigenvalue weighted by Gasteiger charge is -2.40. The van der Waals surface area contributed by atoms with Crippen molar-refractivity contribution >= 4 is 23.3 Å². The van der Waals surface area contributed by atoms with Crippen molar-refractivity contribution in [2.75, 3.05) is 55.7 Å². The molecule has 0 spiro atoms. The first kappa shape index (κ1) is 26.9. The number of rotatable bonds is 6. The Bertz CT molecular complexity index is 1440. The first-order valence-electron chi connectivity index (χ1n) is 14.5. The number of benzene rings is 1. The standard InChI is InChI=1S/C31H36N6O4/c1-2-41-31(40)22-9-8-14-36(21-22)28-27(20-33-37(30(28)39)23-10-4-3-5-11-23)34-15-17-35(18-16-34)29(38)25-19-32-26-13-7-6-12-24(25)26/h3-7,10-13,19-20,22,24,26,32H,2,8-9,14-18,21H2,1H3. The van der Waals surface area contributed by atoms with Gasteiger partial charge in [-0.3, -0.25) is 14.4 Å².